The Morgan fingerprint density at radius 1 is 1.11 bits per heavy atom. The Kier molecular flexibility index (Phi) is 6.03. The van der Waals surface area contributed by atoms with E-state index in [-0.39, 0.29) is 16.7 Å². The van der Waals surface area contributed by atoms with Crippen LogP contribution in [0.1, 0.15) is 30.0 Å². The van der Waals surface area contributed by atoms with Crippen LogP contribution >= 0.6 is 23.2 Å². The SMILES string of the molecule is Cc1ccc(S(=O)(=O)N2CCC(C(N)c3cc(Cl)c(Cl)cc3O)CC2)cc1. The van der Waals surface area contributed by atoms with Gasteiger partial charge in [0.1, 0.15) is 5.75 Å². The van der Waals surface area contributed by atoms with Crippen molar-refractivity contribution in [2.45, 2.75) is 30.7 Å². The summed E-state index contributed by atoms with van der Waals surface area (Å²) in [7, 11) is -3.51. The van der Waals surface area contributed by atoms with E-state index in [9.17, 15) is 13.5 Å². The molecule has 0 aromatic heterocycles. The number of piperidine rings is 1. The molecule has 0 amide bonds. The summed E-state index contributed by atoms with van der Waals surface area (Å²) in [6.45, 7) is 2.69. The van der Waals surface area contributed by atoms with Crippen molar-refractivity contribution >= 4 is 33.2 Å². The molecule has 3 rings (SSSR count). The van der Waals surface area contributed by atoms with Crippen molar-refractivity contribution in [2.24, 2.45) is 11.7 Å². The molecule has 0 aliphatic carbocycles. The first kappa shape index (κ1) is 20.4. The summed E-state index contributed by atoms with van der Waals surface area (Å²) in [5.41, 5.74) is 7.89. The molecule has 1 heterocycles. The third-order valence-corrected chi connectivity index (χ3v) is 7.73. The summed E-state index contributed by atoms with van der Waals surface area (Å²) in [4.78, 5) is 0.304. The van der Waals surface area contributed by atoms with E-state index in [4.69, 9.17) is 28.9 Å². The van der Waals surface area contributed by atoms with Crippen LogP contribution in [0.25, 0.3) is 0 Å². The molecule has 0 spiro atoms. The number of phenolic OH excluding ortho intramolecular Hbond substituents is 1. The molecule has 1 fully saturated rings. The number of nitrogens with two attached hydrogens (primary N) is 1. The van der Waals surface area contributed by atoms with Crippen molar-refractivity contribution in [1.82, 2.24) is 4.31 Å². The number of aromatic hydroxyl groups is 1. The first-order valence-corrected chi connectivity index (χ1v) is 10.9. The lowest BCUT2D eigenvalue weighted by molar-refractivity contribution is 0.243. The normalized spacial score (nSPS) is 17.8. The molecule has 8 heteroatoms. The van der Waals surface area contributed by atoms with Gasteiger partial charge in [0.15, 0.2) is 0 Å². The Hall–Kier alpha value is -1.31. The fraction of sp³-hybridized carbons (Fsp3) is 0.368. The molecule has 0 saturated carbocycles. The van der Waals surface area contributed by atoms with Crippen molar-refractivity contribution in [3.05, 3.63) is 57.6 Å². The van der Waals surface area contributed by atoms with Gasteiger partial charge in [0.2, 0.25) is 10.0 Å². The highest BCUT2D eigenvalue weighted by Gasteiger charge is 2.32. The van der Waals surface area contributed by atoms with Crippen molar-refractivity contribution in [3.63, 3.8) is 0 Å². The Labute approximate surface area is 169 Å². The molecule has 3 N–H and O–H groups in total. The zero-order valence-electron chi connectivity index (χ0n) is 14.9. The van der Waals surface area contributed by atoms with Crippen LogP contribution in [0, 0.1) is 12.8 Å². The van der Waals surface area contributed by atoms with E-state index in [2.05, 4.69) is 0 Å². The van der Waals surface area contributed by atoms with Crippen LogP contribution in [0.4, 0.5) is 0 Å². The summed E-state index contributed by atoms with van der Waals surface area (Å²) in [6.07, 6.45) is 1.21. The van der Waals surface area contributed by atoms with E-state index in [0.717, 1.165) is 5.56 Å². The standard InChI is InChI=1S/C19H22Cl2N2O3S/c1-12-2-4-14(5-3-12)27(25,26)23-8-6-13(7-9-23)19(22)15-10-16(20)17(21)11-18(15)24/h2-5,10-11,13,19,24H,6-9,22H2,1H3. The van der Waals surface area contributed by atoms with Gasteiger partial charge in [-0.25, -0.2) is 8.42 Å². The molecule has 1 aliphatic heterocycles. The molecule has 5 nitrogen and oxygen atoms in total. The maximum Gasteiger partial charge on any atom is 0.243 e. The van der Waals surface area contributed by atoms with Crippen LogP contribution in [0.15, 0.2) is 41.3 Å². The summed E-state index contributed by atoms with van der Waals surface area (Å²) >= 11 is 12.0. The third kappa shape index (κ3) is 4.25. The molecule has 2 aromatic rings. The number of halogens is 2. The number of phenols is 1. The van der Waals surface area contributed by atoms with Gasteiger partial charge in [0, 0.05) is 30.8 Å². The highest BCUT2D eigenvalue weighted by Crippen LogP contribution is 2.38. The first-order chi connectivity index (χ1) is 12.7. The van der Waals surface area contributed by atoms with E-state index >= 15 is 0 Å². The number of aryl methyl sites for hydroxylation is 1. The number of rotatable bonds is 4. The third-order valence-electron chi connectivity index (χ3n) is 5.09. The van der Waals surface area contributed by atoms with E-state index in [1.54, 1.807) is 30.3 Å². The van der Waals surface area contributed by atoms with Gasteiger partial charge < -0.3 is 10.8 Å². The molecule has 0 bridgehead atoms. The molecular formula is C19H22Cl2N2O3S. The Balaban J connectivity index is 1.71. The lowest BCUT2D eigenvalue weighted by Crippen LogP contribution is -2.40. The first-order valence-electron chi connectivity index (χ1n) is 8.70. The minimum Gasteiger partial charge on any atom is -0.508 e. The molecular weight excluding hydrogens is 407 g/mol. The zero-order valence-corrected chi connectivity index (χ0v) is 17.2. The average molecular weight is 429 g/mol. The van der Waals surface area contributed by atoms with Crippen LogP contribution in [-0.2, 0) is 10.0 Å². The van der Waals surface area contributed by atoms with Gasteiger partial charge in [-0.15, -0.1) is 0 Å². The maximum absolute atomic E-state index is 12.8. The summed E-state index contributed by atoms with van der Waals surface area (Å²) in [6, 6.07) is 9.39. The van der Waals surface area contributed by atoms with E-state index < -0.39 is 16.1 Å². The predicted molar refractivity (Wildman–Crippen MR) is 108 cm³/mol. The van der Waals surface area contributed by atoms with Crippen LogP contribution in [0.2, 0.25) is 10.0 Å². The molecule has 27 heavy (non-hydrogen) atoms. The van der Waals surface area contributed by atoms with Crippen molar-refractivity contribution < 1.29 is 13.5 Å². The number of nitrogens with zero attached hydrogens (tertiary/aromatic N) is 1. The van der Waals surface area contributed by atoms with Gasteiger partial charge in [0.25, 0.3) is 0 Å². The van der Waals surface area contributed by atoms with Crippen LogP contribution < -0.4 is 5.73 Å². The lowest BCUT2D eigenvalue weighted by Gasteiger charge is -2.34. The Bertz CT molecular complexity index is 925. The summed E-state index contributed by atoms with van der Waals surface area (Å²) < 4.78 is 27.1. The lowest BCUT2D eigenvalue weighted by atomic mass is 9.86. The van der Waals surface area contributed by atoms with Gasteiger partial charge in [0.05, 0.1) is 14.9 Å². The van der Waals surface area contributed by atoms with Gasteiger partial charge in [-0.2, -0.15) is 4.31 Å². The second kappa shape index (κ2) is 7.97. The maximum atomic E-state index is 12.8. The van der Waals surface area contributed by atoms with E-state index in [1.807, 2.05) is 6.92 Å². The Morgan fingerprint density at radius 3 is 2.26 bits per heavy atom. The zero-order chi connectivity index (χ0) is 19.8. The second-order valence-corrected chi connectivity index (χ2v) is 9.66. The van der Waals surface area contributed by atoms with Crippen molar-refractivity contribution in [2.75, 3.05) is 13.1 Å². The molecule has 1 saturated heterocycles. The van der Waals surface area contributed by atoms with Gasteiger partial charge >= 0.3 is 0 Å². The molecule has 2 aromatic carbocycles. The molecule has 1 atom stereocenters. The second-order valence-electron chi connectivity index (χ2n) is 6.91. The van der Waals surface area contributed by atoms with Crippen molar-refractivity contribution in [1.29, 1.82) is 0 Å². The fourth-order valence-electron chi connectivity index (χ4n) is 3.41. The largest absolute Gasteiger partial charge is 0.508 e. The van der Waals surface area contributed by atoms with Crippen LogP contribution in [0.3, 0.4) is 0 Å². The number of hydrogen-bond donors (Lipinski definition) is 2. The average Bonchev–Trinajstić information content (AvgIpc) is 2.64. The Morgan fingerprint density at radius 2 is 1.67 bits per heavy atom. The fourth-order valence-corrected chi connectivity index (χ4v) is 5.21. The monoisotopic (exact) mass is 428 g/mol. The van der Waals surface area contributed by atoms with Crippen LogP contribution in [0.5, 0.6) is 5.75 Å². The van der Waals surface area contributed by atoms with Crippen LogP contribution in [-0.4, -0.2) is 30.9 Å². The number of benzene rings is 2. The van der Waals surface area contributed by atoms with Crippen molar-refractivity contribution in [3.8, 4) is 5.75 Å². The van der Waals surface area contributed by atoms with Gasteiger partial charge in [-0.3, -0.25) is 0 Å². The van der Waals surface area contributed by atoms with Gasteiger partial charge in [-0.1, -0.05) is 40.9 Å². The number of sulfonamides is 1. The minimum atomic E-state index is -3.51. The number of hydrogen-bond acceptors (Lipinski definition) is 4. The summed E-state index contributed by atoms with van der Waals surface area (Å²) in [5, 5.41) is 10.7. The highest BCUT2D eigenvalue weighted by molar-refractivity contribution is 7.89. The molecule has 1 aliphatic rings. The predicted octanol–water partition coefficient (Wildman–Crippen LogP) is 4.11. The summed E-state index contributed by atoms with van der Waals surface area (Å²) in [5.74, 6) is 0.0456. The van der Waals surface area contributed by atoms with Gasteiger partial charge in [-0.05, 0) is 43.9 Å². The van der Waals surface area contributed by atoms with E-state index in [1.165, 1.54) is 10.4 Å². The smallest absolute Gasteiger partial charge is 0.243 e. The quantitative estimate of drug-likeness (QED) is 0.766. The molecule has 0 radical (unpaired) electrons. The highest BCUT2D eigenvalue weighted by atomic mass is 35.5. The van der Waals surface area contributed by atoms with E-state index in [0.29, 0.717) is 41.4 Å². The molecule has 1 unspecified atom stereocenters. The minimum absolute atomic E-state index is 0.00612. The topological polar surface area (TPSA) is 83.6 Å². The molecule has 146 valence electrons.